The zero-order valence-electron chi connectivity index (χ0n) is 27.0. The normalized spacial score (nSPS) is 11.2. The monoisotopic (exact) mass is 639 g/mol. The Bertz CT molecular complexity index is 2550. The molecule has 0 aliphatic carbocycles. The average Bonchev–Trinajstić information content (AvgIpc) is 3.21. The third-order valence-electron chi connectivity index (χ3n) is 9.05. The summed E-state index contributed by atoms with van der Waals surface area (Å²) >= 11 is 0. The summed E-state index contributed by atoms with van der Waals surface area (Å²) in [5.74, 6) is 1.95. The van der Waals surface area contributed by atoms with Crippen molar-refractivity contribution in [2.75, 3.05) is 0 Å². The van der Waals surface area contributed by atoms with Gasteiger partial charge in [-0.3, -0.25) is 4.98 Å². The number of rotatable bonds is 6. The summed E-state index contributed by atoms with van der Waals surface area (Å²) < 4.78 is 0. The lowest BCUT2D eigenvalue weighted by Crippen LogP contribution is -2.00. The van der Waals surface area contributed by atoms with Gasteiger partial charge in [0.1, 0.15) is 0 Å². The van der Waals surface area contributed by atoms with Crippen molar-refractivity contribution in [1.82, 2.24) is 24.9 Å². The number of pyridine rings is 2. The molecule has 50 heavy (non-hydrogen) atoms. The van der Waals surface area contributed by atoms with Gasteiger partial charge in [0.15, 0.2) is 17.5 Å². The summed E-state index contributed by atoms with van der Waals surface area (Å²) in [5, 5.41) is 3.46. The van der Waals surface area contributed by atoms with Crippen LogP contribution in [0.4, 0.5) is 0 Å². The SMILES string of the molecule is c1ccc(-c2nc(-c3ccccc3)nc(-c3ccc(-c4ccc(-c5cccc6c(-c7ccncc7)nc7ccccc7c56)cc4)cc3)n2)cc1. The van der Waals surface area contributed by atoms with Gasteiger partial charge < -0.3 is 0 Å². The molecule has 0 amide bonds. The van der Waals surface area contributed by atoms with E-state index in [1.165, 1.54) is 10.9 Å². The number of benzene rings is 6. The molecule has 0 bridgehead atoms. The van der Waals surface area contributed by atoms with Gasteiger partial charge in [0.25, 0.3) is 0 Å². The molecule has 0 N–H and O–H groups in total. The fraction of sp³-hybridized carbons (Fsp3) is 0. The van der Waals surface area contributed by atoms with Crippen LogP contribution in [0.2, 0.25) is 0 Å². The van der Waals surface area contributed by atoms with Crippen molar-refractivity contribution in [2.24, 2.45) is 0 Å². The third-order valence-corrected chi connectivity index (χ3v) is 9.05. The Morgan fingerprint density at radius 3 is 1.38 bits per heavy atom. The van der Waals surface area contributed by atoms with E-state index in [2.05, 4.69) is 89.9 Å². The van der Waals surface area contributed by atoms with E-state index < -0.39 is 0 Å². The number of para-hydroxylation sites is 1. The average molecular weight is 640 g/mol. The molecular weight excluding hydrogens is 611 g/mol. The molecule has 9 aromatic rings. The lowest BCUT2D eigenvalue weighted by molar-refractivity contribution is 1.07. The lowest BCUT2D eigenvalue weighted by Gasteiger charge is -2.14. The van der Waals surface area contributed by atoms with Gasteiger partial charge in [0.2, 0.25) is 0 Å². The molecule has 0 aliphatic heterocycles. The molecule has 5 heteroatoms. The Hall–Kier alpha value is -6.85. The van der Waals surface area contributed by atoms with Gasteiger partial charge in [-0.2, -0.15) is 0 Å². The summed E-state index contributed by atoms with van der Waals surface area (Å²) in [6, 6.07) is 56.3. The molecule has 3 heterocycles. The molecule has 0 unspecified atom stereocenters. The smallest absolute Gasteiger partial charge is 0.164 e. The van der Waals surface area contributed by atoms with Crippen molar-refractivity contribution in [2.45, 2.75) is 0 Å². The zero-order valence-corrected chi connectivity index (χ0v) is 27.0. The maximum absolute atomic E-state index is 5.09. The number of hydrogen-bond acceptors (Lipinski definition) is 5. The van der Waals surface area contributed by atoms with E-state index in [1.807, 2.05) is 91.3 Å². The van der Waals surface area contributed by atoms with E-state index in [1.54, 1.807) is 0 Å². The van der Waals surface area contributed by atoms with Crippen molar-refractivity contribution in [1.29, 1.82) is 0 Å². The Balaban J connectivity index is 1.08. The zero-order chi connectivity index (χ0) is 33.3. The summed E-state index contributed by atoms with van der Waals surface area (Å²) in [6.07, 6.45) is 3.64. The lowest BCUT2D eigenvalue weighted by atomic mass is 9.92. The quantitative estimate of drug-likeness (QED) is 0.169. The van der Waals surface area contributed by atoms with Crippen molar-refractivity contribution in [3.8, 4) is 67.7 Å². The third kappa shape index (κ3) is 5.47. The minimum Gasteiger partial charge on any atom is -0.265 e. The fourth-order valence-corrected chi connectivity index (χ4v) is 6.57. The Labute approximate surface area is 289 Å². The van der Waals surface area contributed by atoms with Crippen LogP contribution < -0.4 is 0 Å². The van der Waals surface area contributed by atoms with E-state index in [0.717, 1.165) is 60.9 Å². The first kappa shape index (κ1) is 29.3. The van der Waals surface area contributed by atoms with Crippen LogP contribution in [0.3, 0.4) is 0 Å². The number of hydrogen-bond donors (Lipinski definition) is 0. The molecular formula is C45H29N5. The highest BCUT2D eigenvalue weighted by atomic mass is 15.0. The highest BCUT2D eigenvalue weighted by molar-refractivity contribution is 6.17. The molecule has 0 saturated carbocycles. The van der Waals surface area contributed by atoms with Crippen LogP contribution in [0.15, 0.2) is 176 Å². The van der Waals surface area contributed by atoms with Crippen molar-refractivity contribution < 1.29 is 0 Å². The summed E-state index contributed by atoms with van der Waals surface area (Å²) in [4.78, 5) is 23.9. The molecule has 5 nitrogen and oxygen atoms in total. The van der Waals surface area contributed by atoms with Crippen molar-refractivity contribution in [3.63, 3.8) is 0 Å². The predicted molar refractivity (Wildman–Crippen MR) is 203 cm³/mol. The van der Waals surface area contributed by atoms with Gasteiger partial charge in [-0.05, 0) is 40.5 Å². The number of nitrogens with zero attached hydrogens (tertiary/aromatic N) is 5. The fourth-order valence-electron chi connectivity index (χ4n) is 6.57. The van der Waals surface area contributed by atoms with Crippen LogP contribution >= 0.6 is 0 Å². The first-order valence-electron chi connectivity index (χ1n) is 16.6. The molecule has 0 atom stereocenters. The minimum atomic E-state index is 0.642. The van der Waals surface area contributed by atoms with Crippen LogP contribution in [0, 0.1) is 0 Å². The molecule has 3 aromatic heterocycles. The molecule has 6 aromatic carbocycles. The Morgan fingerprint density at radius 1 is 0.300 bits per heavy atom. The van der Waals surface area contributed by atoms with Crippen LogP contribution in [0.1, 0.15) is 0 Å². The second-order valence-corrected chi connectivity index (χ2v) is 12.1. The van der Waals surface area contributed by atoms with Gasteiger partial charge >= 0.3 is 0 Å². The van der Waals surface area contributed by atoms with Gasteiger partial charge in [0, 0.05) is 50.8 Å². The molecule has 0 fully saturated rings. The second-order valence-electron chi connectivity index (χ2n) is 12.1. The van der Waals surface area contributed by atoms with E-state index >= 15 is 0 Å². The predicted octanol–water partition coefficient (Wildman–Crippen LogP) is 11.0. The van der Waals surface area contributed by atoms with Crippen molar-refractivity contribution >= 4 is 21.7 Å². The van der Waals surface area contributed by atoms with Crippen LogP contribution in [0.25, 0.3) is 89.4 Å². The first-order valence-corrected chi connectivity index (χ1v) is 16.6. The molecule has 0 spiro atoms. The second kappa shape index (κ2) is 12.6. The van der Waals surface area contributed by atoms with Crippen LogP contribution in [-0.4, -0.2) is 24.9 Å². The molecule has 234 valence electrons. The topological polar surface area (TPSA) is 64.5 Å². The Morgan fingerprint density at radius 2 is 0.780 bits per heavy atom. The molecule has 9 rings (SSSR count). The Kier molecular flexibility index (Phi) is 7.41. The highest BCUT2D eigenvalue weighted by Crippen LogP contribution is 2.39. The molecule has 0 aliphatic rings. The van der Waals surface area contributed by atoms with E-state index in [-0.39, 0.29) is 0 Å². The highest BCUT2D eigenvalue weighted by Gasteiger charge is 2.15. The van der Waals surface area contributed by atoms with Crippen LogP contribution in [-0.2, 0) is 0 Å². The summed E-state index contributed by atoms with van der Waals surface area (Å²) in [6.45, 7) is 0. The van der Waals surface area contributed by atoms with Gasteiger partial charge in [-0.1, -0.05) is 146 Å². The largest absolute Gasteiger partial charge is 0.265 e. The number of aromatic nitrogens is 5. The maximum Gasteiger partial charge on any atom is 0.164 e. The summed E-state index contributed by atoms with van der Waals surface area (Å²) in [5.41, 5.74) is 10.4. The van der Waals surface area contributed by atoms with Gasteiger partial charge in [0.05, 0.1) is 11.2 Å². The first-order chi connectivity index (χ1) is 24.8. The number of fused-ring (bicyclic) bond motifs is 3. The molecule has 0 radical (unpaired) electrons. The van der Waals surface area contributed by atoms with E-state index in [4.69, 9.17) is 19.9 Å². The van der Waals surface area contributed by atoms with E-state index in [0.29, 0.717) is 17.5 Å². The van der Waals surface area contributed by atoms with E-state index in [9.17, 15) is 0 Å². The standard InChI is InChI=1S/C45H29N5/c1-3-10-34(11-4-1)43-48-44(35-12-5-2-6-13-35)50-45(49-43)36-24-20-31(21-25-36)30-18-22-32(23-19-30)37-15-9-16-39-41(37)38-14-7-8-17-40(38)47-42(39)33-26-28-46-29-27-33/h1-29H. The van der Waals surface area contributed by atoms with Gasteiger partial charge in [-0.25, -0.2) is 19.9 Å². The molecule has 0 saturated heterocycles. The minimum absolute atomic E-state index is 0.642. The summed E-state index contributed by atoms with van der Waals surface area (Å²) in [7, 11) is 0. The van der Waals surface area contributed by atoms with Crippen LogP contribution in [0.5, 0.6) is 0 Å². The van der Waals surface area contributed by atoms with Gasteiger partial charge in [-0.15, -0.1) is 0 Å². The maximum atomic E-state index is 5.09. The van der Waals surface area contributed by atoms with Crippen molar-refractivity contribution in [3.05, 3.63) is 176 Å².